The first kappa shape index (κ1) is 15.6. The van der Waals surface area contributed by atoms with E-state index in [0.29, 0.717) is 10.7 Å². The second-order valence-electron chi connectivity index (χ2n) is 4.79. The van der Waals surface area contributed by atoms with Crippen LogP contribution >= 0.6 is 27.3 Å². The van der Waals surface area contributed by atoms with Crippen molar-refractivity contribution in [3.05, 3.63) is 62.1 Å². The van der Waals surface area contributed by atoms with Gasteiger partial charge in [0.15, 0.2) is 5.13 Å². The fourth-order valence-electron chi connectivity index (χ4n) is 2.18. The highest BCUT2D eigenvalue weighted by atomic mass is 79.9. The third kappa shape index (κ3) is 3.08. The Labute approximate surface area is 143 Å². The summed E-state index contributed by atoms with van der Waals surface area (Å²) in [6.45, 7) is 1.56. The first-order valence-corrected chi connectivity index (χ1v) is 8.18. The number of aromatic nitrogens is 1. The van der Waals surface area contributed by atoms with Crippen molar-refractivity contribution in [2.75, 3.05) is 5.32 Å². The molecule has 1 aromatic heterocycles. The molecule has 0 atom stereocenters. The number of amides is 1. The van der Waals surface area contributed by atoms with E-state index in [9.17, 15) is 14.9 Å². The molecule has 0 radical (unpaired) electrons. The van der Waals surface area contributed by atoms with Crippen LogP contribution in [-0.4, -0.2) is 15.8 Å². The van der Waals surface area contributed by atoms with Gasteiger partial charge in [-0.05, 0) is 31.2 Å². The van der Waals surface area contributed by atoms with Crippen LogP contribution in [0.25, 0.3) is 10.2 Å². The van der Waals surface area contributed by atoms with Crippen LogP contribution in [0.1, 0.15) is 15.9 Å². The monoisotopic (exact) mass is 391 g/mol. The van der Waals surface area contributed by atoms with E-state index in [0.717, 1.165) is 14.7 Å². The van der Waals surface area contributed by atoms with Crippen LogP contribution in [0.4, 0.5) is 10.8 Å². The maximum absolute atomic E-state index is 12.4. The number of thiazole rings is 1. The zero-order valence-corrected chi connectivity index (χ0v) is 14.3. The summed E-state index contributed by atoms with van der Waals surface area (Å²) in [5.74, 6) is -0.413. The van der Waals surface area contributed by atoms with Crippen LogP contribution in [0.5, 0.6) is 0 Å². The number of hydrogen-bond acceptors (Lipinski definition) is 5. The fourth-order valence-corrected chi connectivity index (χ4v) is 3.60. The van der Waals surface area contributed by atoms with Gasteiger partial charge in [-0.3, -0.25) is 20.2 Å². The predicted octanol–water partition coefficient (Wildman–Crippen LogP) is 4.53. The van der Waals surface area contributed by atoms with Crippen LogP contribution < -0.4 is 5.32 Å². The second kappa shape index (κ2) is 6.05. The van der Waals surface area contributed by atoms with Crippen molar-refractivity contribution >= 4 is 54.2 Å². The average molecular weight is 392 g/mol. The molecule has 3 aromatic rings. The van der Waals surface area contributed by atoms with Gasteiger partial charge >= 0.3 is 0 Å². The average Bonchev–Trinajstić information content (AvgIpc) is 2.88. The normalized spacial score (nSPS) is 10.7. The van der Waals surface area contributed by atoms with Gasteiger partial charge < -0.3 is 0 Å². The lowest BCUT2D eigenvalue weighted by Crippen LogP contribution is -2.13. The molecule has 0 fully saturated rings. The third-order valence-corrected chi connectivity index (χ3v) is 4.74. The Bertz CT molecular complexity index is 939. The number of nitro benzene ring substituents is 1. The largest absolute Gasteiger partial charge is 0.298 e. The van der Waals surface area contributed by atoms with Gasteiger partial charge in [0.25, 0.3) is 11.6 Å². The molecule has 0 aliphatic rings. The molecule has 23 heavy (non-hydrogen) atoms. The molecule has 1 N–H and O–H groups in total. The Hall–Kier alpha value is -2.32. The number of nitrogens with zero attached hydrogens (tertiary/aromatic N) is 2. The minimum atomic E-state index is -0.499. The molecule has 0 aliphatic carbocycles. The van der Waals surface area contributed by atoms with Crippen molar-refractivity contribution in [2.24, 2.45) is 0 Å². The molecule has 0 spiro atoms. The Morgan fingerprint density at radius 1 is 1.35 bits per heavy atom. The van der Waals surface area contributed by atoms with Crippen molar-refractivity contribution in [3.63, 3.8) is 0 Å². The van der Waals surface area contributed by atoms with Crippen molar-refractivity contribution in [1.29, 1.82) is 0 Å². The molecule has 0 aliphatic heterocycles. The molecule has 0 bridgehead atoms. The summed E-state index contributed by atoms with van der Waals surface area (Å²) < 4.78 is 1.87. The molecule has 0 saturated carbocycles. The van der Waals surface area contributed by atoms with Gasteiger partial charge in [0.1, 0.15) is 0 Å². The predicted molar refractivity (Wildman–Crippen MR) is 93.1 cm³/mol. The maximum Gasteiger partial charge on any atom is 0.273 e. The Morgan fingerprint density at radius 2 is 2.13 bits per heavy atom. The number of nitrogens with one attached hydrogen (secondary N) is 1. The molecular formula is C15H10BrN3O3S. The number of carbonyl (C=O) groups excluding carboxylic acids is 1. The lowest BCUT2D eigenvalue weighted by Gasteiger charge is -2.05. The summed E-state index contributed by atoms with van der Waals surface area (Å²) in [6, 6.07) is 10.1. The van der Waals surface area contributed by atoms with E-state index in [-0.39, 0.29) is 11.3 Å². The van der Waals surface area contributed by atoms with Crippen LogP contribution in [0.2, 0.25) is 0 Å². The summed E-state index contributed by atoms with van der Waals surface area (Å²) in [5, 5.41) is 14.1. The van der Waals surface area contributed by atoms with E-state index in [2.05, 4.69) is 26.2 Å². The topological polar surface area (TPSA) is 85.1 Å². The molecule has 3 rings (SSSR count). The van der Waals surface area contributed by atoms with Crippen molar-refractivity contribution in [1.82, 2.24) is 4.98 Å². The minimum Gasteiger partial charge on any atom is -0.298 e. The molecule has 0 unspecified atom stereocenters. The molecule has 1 amide bonds. The van der Waals surface area contributed by atoms with E-state index in [1.165, 1.54) is 23.5 Å². The number of benzene rings is 2. The molecule has 8 heteroatoms. The molecule has 6 nitrogen and oxygen atoms in total. The number of hydrogen-bond donors (Lipinski definition) is 1. The van der Waals surface area contributed by atoms with Crippen LogP contribution in [0.3, 0.4) is 0 Å². The van der Waals surface area contributed by atoms with E-state index in [1.54, 1.807) is 13.0 Å². The summed E-state index contributed by atoms with van der Waals surface area (Å²) >= 11 is 4.73. The van der Waals surface area contributed by atoms with Crippen LogP contribution in [0.15, 0.2) is 40.9 Å². The Kier molecular flexibility index (Phi) is 4.10. The summed E-state index contributed by atoms with van der Waals surface area (Å²) in [5.41, 5.74) is 1.30. The smallest absolute Gasteiger partial charge is 0.273 e. The highest BCUT2D eigenvalue weighted by Crippen LogP contribution is 2.29. The quantitative estimate of drug-likeness (QED) is 0.524. The van der Waals surface area contributed by atoms with Crippen molar-refractivity contribution in [3.8, 4) is 0 Å². The van der Waals surface area contributed by atoms with Gasteiger partial charge in [-0.2, -0.15) is 0 Å². The van der Waals surface area contributed by atoms with Gasteiger partial charge in [-0.25, -0.2) is 4.98 Å². The first-order valence-electron chi connectivity index (χ1n) is 6.57. The van der Waals surface area contributed by atoms with Crippen LogP contribution in [-0.2, 0) is 0 Å². The van der Waals surface area contributed by atoms with Crippen molar-refractivity contribution in [2.45, 2.75) is 6.92 Å². The number of carbonyl (C=O) groups is 1. The number of halogens is 1. The van der Waals surface area contributed by atoms with Gasteiger partial charge in [0, 0.05) is 21.7 Å². The highest BCUT2D eigenvalue weighted by molar-refractivity contribution is 9.10. The molecule has 0 saturated heterocycles. The highest BCUT2D eigenvalue weighted by Gasteiger charge is 2.18. The summed E-state index contributed by atoms with van der Waals surface area (Å²) in [6.07, 6.45) is 0. The Morgan fingerprint density at radius 3 is 2.87 bits per heavy atom. The van der Waals surface area contributed by atoms with E-state index in [4.69, 9.17) is 0 Å². The van der Waals surface area contributed by atoms with Crippen LogP contribution in [0, 0.1) is 17.0 Å². The summed E-state index contributed by atoms with van der Waals surface area (Å²) in [7, 11) is 0. The lowest BCUT2D eigenvalue weighted by atomic mass is 10.1. The van der Waals surface area contributed by atoms with E-state index >= 15 is 0 Å². The van der Waals surface area contributed by atoms with Gasteiger partial charge in [-0.1, -0.05) is 33.3 Å². The molecule has 1 heterocycles. The second-order valence-corrected chi connectivity index (χ2v) is 6.74. The maximum atomic E-state index is 12.4. The van der Waals surface area contributed by atoms with E-state index < -0.39 is 10.8 Å². The standard InChI is InChI=1S/C15H10BrN3O3S/c1-8-10(3-2-4-12(8)19(21)22)14(20)18-15-17-11-6-5-9(16)7-13(11)23-15/h2-7H,1H3,(H,17,18,20). The zero-order valence-electron chi connectivity index (χ0n) is 11.9. The SMILES string of the molecule is Cc1c(C(=O)Nc2nc3ccc(Br)cc3s2)cccc1[N+](=O)[O-]. The first-order chi connectivity index (χ1) is 11.0. The molecule has 116 valence electrons. The van der Waals surface area contributed by atoms with Gasteiger partial charge in [0.05, 0.1) is 15.1 Å². The van der Waals surface area contributed by atoms with Gasteiger partial charge in [-0.15, -0.1) is 0 Å². The minimum absolute atomic E-state index is 0.0779. The van der Waals surface area contributed by atoms with Crippen molar-refractivity contribution < 1.29 is 9.72 Å². The lowest BCUT2D eigenvalue weighted by molar-refractivity contribution is -0.385. The zero-order chi connectivity index (χ0) is 16.6. The summed E-state index contributed by atoms with van der Waals surface area (Å²) in [4.78, 5) is 27.2. The van der Waals surface area contributed by atoms with Gasteiger partial charge in [0.2, 0.25) is 0 Å². The van der Waals surface area contributed by atoms with E-state index in [1.807, 2.05) is 18.2 Å². The Balaban J connectivity index is 1.91. The fraction of sp³-hybridized carbons (Fsp3) is 0.0667. The molecule has 2 aromatic carbocycles. The number of fused-ring (bicyclic) bond motifs is 1. The number of anilines is 1. The number of nitro groups is 1. The molecular weight excluding hydrogens is 382 g/mol. The third-order valence-electron chi connectivity index (χ3n) is 3.32. The number of rotatable bonds is 3.